The Labute approximate surface area is 194 Å². The number of pyridine rings is 1. The number of aryl methyl sites for hydroxylation is 1. The Morgan fingerprint density at radius 1 is 1.26 bits per heavy atom. The quantitative estimate of drug-likeness (QED) is 0.560. The Morgan fingerprint density at radius 3 is 2.82 bits per heavy atom. The van der Waals surface area contributed by atoms with E-state index in [1.165, 1.54) is 0 Å². The average Bonchev–Trinajstić information content (AvgIpc) is 3.26. The van der Waals surface area contributed by atoms with E-state index in [2.05, 4.69) is 9.72 Å². The van der Waals surface area contributed by atoms with Gasteiger partial charge in [-0.1, -0.05) is 6.07 Å². The van der Waals surface area contributed by atoms with Crippen LogP contribution in [0.2, 0.25) is 0 Å². The molecule has 34 heavy (non-hydrogen) atoms. The lowest BCUT2D eigenvalue weighted by Crippen LogP contribution is -2.53. The number of carbonyl (C=O) groups excluding carboxylic acids is 1. The summed E-state index contributed by atoms with van der Waals surface area (Å²) in [5, 5.41) is 0. The molecule has 1 aromatic carbocycles. The second-order valence-corrected chi connectivity index (χ2v) is 8.00. The number of rotatable bonds is 7. The lowest BCUT2D eigenvalue weighted by Gasteiger charge is -2.41. The Balaban J connectivity index is 1.41. The Kier molecular flexibility index (Phi) is 6.96. The number of benzene rings is 1. The van der Waals surface area contributed by atoms with Gasteiger partial charge in [0.05, 0.1) is 26.0 Å². The van der Waals surface area contributed by atoms with E-state index in [0.29, 0.717) is 48.0 Å². The van der Waals surface area contributed by atoms with E-state index in [1.54, 1.807) is 43.2 Å². The molecule has 3 heterocycles. The van der Waals surface area contributed by atoms with Crippen LogP contribution in [0.15, 0.2) is 36.4 Å². The van der Waals surface area contributed by atoms with Gasteiger partial charge in [0.1, 0.15) is 30.9 Å². The molecule has 4 rings (SSSR count). The van der Waals surface area contributed by atoms with Crippen LogP contribution in [0, 0.1) is 6.92 Å². The van der Waals surface area contributed by atoms with Gasteiger partial charge in [-0.3, -0.25) is 9.53 Å². The van der Waals surface area contributed by atoms with E-state index in [1.807, 2.05) is 12.1 Å². The molecule has 0 N–H and O–H groups in total. The highest BCUT2D eigenvalue weighted by molar-refractivity contribution is 5.94. The highest BCUT2D eigenvalue weighted by Crippen LogP contribution is 2.42. The van der Waals surface area contributed by atoms with Gasteiger partial charge in [0.15, 0.2) is 0 Å². The standard InChI is InChI=1S/C23H25F3N2O6/c1-15-12-16(6-7-17(15)31-10-11-33-23(24,25)26)21(29)28-9-8-22(19(13-28)32-14-34-22)18-4-3-5-20(27-18)30-2/h3-7,12,19H,8-11,13-14H2,1-2H3/t19-,22-/m1/s1. The minimum atomic E-state index is -4.70. The summed E-state index contributed by atoms with van der Waals surface area (Å²) >= 11 is 0. The second kappa shape index (κ2) is 9.77. The third-order valence-corrected chi connectivity index (χ3v) is 5.93. The number of carbonyl (C=O) groups is 1. The van der Waals surface area contributed by atoms with Crippen molar-refractivity contribution in [1.82, 2.24) is 9.88 Å². The summed E-state index contributed by atoms with van der Waals surface area (Å²) in [6.45, 7) is 1.70. The average molecular weight is 482 g/mol. The van der Waals surface area contributed by atoms with Crippen molar-refractivity contribution >= 4 is 5.91 Å². The fourth-order valence-electron chi connectivity index (χ4n) is 4.23. The first kappa shape index (κ1) is 24.2. The van der Waals surface area contributed by atoms with E-state index >= 15 is 0 Å². The van der Waals surface area contributed by atoms with Gasteiger partial charge in [0.25, 0.3) is 5.91 Å². The third kappa shape index (κ3) is 5.11. The van der Waals surface area contributed by atoms with Crippen molar-refractivity contribution in [3.63, 3.8) is 0 Å². The van der Waals surface area contributed by atoms with Gasteiger partial charge in [-0.25, -0.2) is 4.98 Å². The van der Waals surface area contributed by atoms with Crippen LogP contribution < -0.4 is 9.47 Å². The number of ether oxygens (including phenoxy) is 5. The van der Waals surface area contributed by atoms with E-state index < -0.39 is 18.6 Å². The minimum Gasteiger partial charge on any atom is -0.491 e. The van der Waals surface area contributed by atoms with Crippen LogP contribution in [0.25, 0.3) is 0 Å². The first-order valence-corrected chi connectivity index (χ1v) is 10.7. The monoisotopic (exact) mass is 482 g/mol. The zero-order valence-electron chi connectivity index (χ0n) is 18.8. The minimum absolute atomic E-state index is 0.106. The van der Waals surface area contributed by atoms with Gasteiger partial charge >= 0.3 is 6.36 Å². The van der Waals surface area contributed by atoms with Crippen molar-refractivity contribution < 1.29 is 41.7 Å². The van der Waals surface area contributed by atoms with Crippen LogP contribution >= 0.6 is 0 Å². The SMILES string of the molecule is COc1cccc([C@]23CCN(C(=O)c4ccc(OCCOC(F)(F)F)c(C)c4)C[C@H]2OCO3)n1. The highest BCUT2D eigenvalue weighted by Gasteiger charge is 2.52. The van der Waals surface area contributed by atoms with E-state index in [-0.39, 0.29) is 25.4 Å². The normalized spacial score (nSPS) is 22.4. The number of amides is 1. The maximum absolute atomic E-state index is 13.2. The lowest BCUT2D eigenvalue weighted by atomic mass is 9.85. The molecule has 2 saturated heterocycles. The number of fused-ring (bicyclic) bond motifs is 1. The van der Waals surface area contributed by atoms with E-state index in [4.69, 9.17) is 18.9 Å². The summed E-state index contributed by atoms with van der Waals surface area (Å²) in [5.74, 6) is 0.678. The maximum atomic E-state index is 13.2. The smallest absolute Gasteiger partial charge is 0.491 e. The van der Waals surface area contributed by atoms with Crippen molar-refractivity contribution in [2.24, 2.45) is 0 Å². The molecule has 2 atom stereocenters. The molecule has 2 aliphatic heterocycles. The molecule has 0 unspecified atom stereocenters. The molecule has 2 fully saturated rings. The topological polar surface area (TPSA) is 79.4 Å². The summed E-state index contributed by atoms with van der Waals surface area (Å²) in [5.41, 5.74) is 1.03. The summed E-state index contributed by atoms with van der Waals surface area (Å²) in [6, 6.07) is 10.3. The summed E-state index contributed by atoms with van der Waals surface area (Å²) in [4.78, 5) is 19.4. The number of methoxy groups -OCH3 is 1. The van der Waals surface area contributed by atoms with E-state index in [0.717, 1.165) is 0 Å². The zero-order valence-corrected chi connectivity index (χ0v) is 18.8. The molecule has 0 bridgehead atoms. The molecule has 184 valence electrons. The molecular formula is C23H25F3N2O6. The van der Waals surface area contributed by atoms with Gasteiger partial charge in [-0.2, -0.15) is 0 Å². The van der Waals surface area contributed by atoms with Crippen molar-refractivity contribution in [2.75, 3.05) is 40.2 Å². The van der Waals surface area contributed by atoms with Gasteiger partial charge in [-0.15, -0.1) is 13.2 Å². The molecule has 2 aromatic rings. The van der Waals surface area contributed by atoms with Crippen LogP contribution in [0.1, 0.15) is 28.0 Å². The number of piperidine rings is 1. The van der Waals surface area contributed by atoms with Crippen LogP contribution in [-0.4, -0.2) is 68.5 Å². The molecule has 0 radical (unpaired) electrons. The first-order chi connectivity index (χ1) is 16.2. The number of nitrogens with zero attached hydrogens (tertiary/aromatic N) is 2. The van der Waals surface area contributed by atoms with Crippen LogP contribution in [0.3, 0.4) is 0 Å². The van der Waals surface area contributed by atoms with Gasteiger partial charge < -0.3 is 23.8 Å². The molecule has 11 heteroatoms. The van der Waals surface area contributed by atoms with Gasteiger partial charge in [0, 0.05) is 24.6 Å². The number of alkyl halides is 3. The molecule has 1 amide bonds. The van der Waals surface area contributed by atoms with Crippen molar-refractivity contribution in [1.29, 1.82) is 0 Å². The molecule has 0 aliphatic carbocycles. The Bertz CT molecular complexity index is 1030. The fourth-order valence-corrected chi connectivity index (χ4v) is 4.23. The van der Waals surface area contributed by atoms with Crippen LogP contribution in [-0.2, 0) is 19.8 Å². The van der Waals surface area contributed by atoms with E-state index in [9.17, 15) is 18.0 Å². The number of aromatic nitrogens is 1. The molecular weight excluding hydrogens is 457 g/mol. The third-order valence-electron chi connectivity index (χ3n) is 5.93. The van der Waals surface area contributed by atoms with Crippen LogP contribution in [0.4, 0.5) is 13.2 Å². The maximum Gasteiger partial charge on any atom is 0.522 e. The molecule has 0 spiro atoms. The molecule has 2 aliphatic rings. The number of hydrogen-bond donors (Lipinski definition) is 0. The second-order valence-electron chi connectivity index (χ2n) is 8.00. The fraction of sp³-hybridized carbons (Fsp3) is 0.478. The lowest BCUT2D eigenvalue weighted by molar-refractivity contribution is -0.325. The first-order valence-electron chi connectivity index (χ1n) is 10.7. The Morgan fingerprint density at radius 2 is 2.09 bits per heavy atom. The number of hydrogen-bond acceptors (Lipinski definition) is 7. The summed E-state index contributed by atoms with van der Waals surface area (Å²) in [6.07, 6.45) is -4.58. The van der Waals surface area contributed by atoms with Gasteiger partial charge in [-0.05, 0) is 36.8 Å². The Hall–Kier alpha value is -2.89. The van der Waals surface area contributed by atoms with Crippen molar-refractivity contribution in [3.05, 3.63) is 53.2 Å². The highest BCUT2D eigenvalue weighted by atomic mass is 19.4. The van der Waals surface area contributed by atoms with Crippen molar-refractivity contribution in [2.45, 2.75) is 31.4 Å². The largest absolute Gasteiger partial charge is 0.522 e. The predicted octanol–water partition coefficient (Wildman–Crippen LogP) is 3.43. The molecule has 0 saturated carbocycles. The zero-order chi connectivity index (χ0) is 24.3. The summed E-state index contributed by atoms with van der Waals surface area (Å²) < 4.78 is 62.3. The van der Waals surface area contributed by atoms with Crippen molar-refractivity contribution in [3.8, 4) is 11.6 Å². The summed E-state index contributed by atoms with van der Waals surface area (Å²) in [7, 11) is 1.54. The molecule has 1 aromatic heterocycles. The van der Waals surface area contributed by atoms with Gasteiger partial charge in [0.2, 0.25) is 5.88 Å². The number of halogens is 3. The van der Waals surface area contributed by atoms with Crippen LogP contribution in [0.5, 0.6) is 11.6 Å². The predicted molar refractivity (Wildman–Crippen MR) is 112 cm³/mol. The number of likely N-dealkylation sites (tertiary alicyclic amines) is 1. The molecule has 8 nitrogen and oxygen atoms in total.